The average Bonchev–Trinajstić information content (AvgIpc) is 2.79. The summed E-state index contributed by atoms with van der Waals surface area (Å²) in [6.07, 6.45) is 0.947. The number of hydrogen-bond acceptors (Lipinski definition) is 3. The molecule has 2 rings (SSSR count). The predicted octanol–water partition coefficient (Wildman–Crippen LogP) is 3.00. The van der Waals surface area contributed by atoms with Crippen molar-refractivity contribution >= 4 is 5.78 Å². The summed E-state index contributed by atoms with van der Waals surface area (Å²) in [7, 11) is 1.79. The second-order valence-electron chi connectivity index (χ2n) is 5.02. The van der Waals surface area contributed by atoms with Gasteiger partial charge in [0.2, 0.25) is 5.78 Å². The highest BCUT2D eigenvalue weighted by atomic mass is 16.5. The number of aryl methyl sites for hydroxylation is 2. The largest absolute Gasteiger partial charge is 0.491 e. The first-order valence-corrected chi connectivity index (χ1v) is 6.85. The Morgan fingerprint density at radius 2 is 1.95 bits per heavy atom. The van der Waals surface area contributed by atoms with Crippen LogP contribution in [-0.2, 0) is 13.5 Å². The second kappa shape index (κ2) is 5.90. The number of ether oxygens (including phenoxy) is 1. The van der Waals surface area contributed by atoms with Gasteiger partial charge in [0.05, 0.1) is 11.8 Å². The van der Waals surface area contributed by atoms with E-state index in [1.807, 2.05) is 39.0 Å². The summed E-state index contributed by atoms with van der Waals surface area (Å²) in [5, 5.41) is 4.30. The summed E-state index contributed by atoms with van der Waals surface area (Å²) in [6, 6.07) is 9.08. The van der Waals surface area contributed by atoms with E-state index < -0.39 is 0 Å². The highest BCUT2D eigenvalue weighted by molar-refractivity contribution is 6.08. The maximum absolute atomic E-state index is 12.4. The van der Waals surface area contributed by atoms with Crippen LogP contribution in [0.5, 0.6) is 5.75 Å². The van der Waals surface area contributed by atoms with E-state index in [1.165, 1.54) is 0 Å². The standard InChI is InChI=1S/C16H20N2O2/c1-5-13-10-15(18(4)17-13)16(19)12-6-8-14(9-7-12)20-11(2)3/h6-11H,5H2,1-4H3. The highest BCUT2D eigenvalue weighted by Crippen LogP contribution is 2.17. The van der Waals surface area contributed by atoms with E-state index >= 15 is 0 Å². The lowest BCUT2D eigenvalue weighted by Gasteiger charge is -2.09. The maximum Gasteiger partial charge on any atom is 0.211 e. The van der Waals surface area contributed by atoms with Crippen molar-refractivity contribution in [1.82, 2.24) is 9.78 Å². The van der Waals surface area contributed by atoms with Crippen LogP contribution in [0.2, 0.25) is 0 Å². The molecular formula is C16H20N2O2. The Morgan fingerprint density at radius 3 is 2.45 bits per heavy atom. The molecule has 20 heavy (non-hydrogen) atoms. The molecule has 0 aliphatic carbocycles. The van der Waals surface area contributed by atoms with Crippen molar-refractivity contribution in [3.63, 3.8) is 0 Å². The number of aromatic nitrogens is 2. The normalized spacial score (nSPS) is 10.8. The van der Waals surface area contributed by atoms with Gasteiger partial charge in [0, 0.05) is 12.6 Å². The third-order valence-electron chi connectivity index (χ3n) is 3.01. The van der Waals surface area contributed by atoms with Gasteiger partial charge in [-0.15, -0.1) is 0 Å². The van der Waals surface area contributed by atoms with Crippen LogP contribution in [0.25, 0.3) is 0 Å². The number of rotatable bonds is 5. The van der Waals surface area contributed by atoms with Crippen LogP contribution in [0.15, 0.2) is 30.3 Å². The fraction of sp³-hybridized carbons (Fsp3) is 0.375. The summed E-state index contributed by atoms with van der Waals surface area (Å²) in [5.74, 6) is 0.756. The molecule has 0 atom stereocenters. The third kappa shape index (κ3) is 3.07. The van der Waals surface area contributed by atoms with Gasteiger partial charge in [-0.3, -0.25) is 9.48 Å². The minimum absolute atomic E-state index is 0.0178. The van der Waals surface area contributed by atoms with Gasteiger partial charge >= 0.3 is 0 Å². The first-order valence-electron chi connectivity index (χ1n) is 6.85. The summed E-state index contributed by atoms with van der Waals surface area (Å²) < 4.78 is 7.21. The summed E-state index contributed by atoms with van der Waals surface area (Å²) in [5.41, 5.74) is 2.18. The first kappa shape index (κ1) is 14.3. The van der Waals surface area contributed by atoms with Gasteiger partial charge in [0.15, 0.2) is 0 Å². The van der Waals surface area contributed by atoms with Crippen LogP contribution >= 0.6 is 0 Å². The molecule has 0 aliphatic rings. The molecule has 0 saturated heterocycles. The summed E-state index contributed by atoms with van der Waals surface area (Å²) in [4.78, 5) is 12.4. The number of ketones is 1. The molecular weight excluding hydrogens is 252 g/mol. The van der Waals surface area contributed by atoms with Crippen LogP contribution in [0.3, 0.4) is 0 Å². The number of nitrogens with zero attached hydrogens (tertiary/aromatic N) is 2. The average molecular weight is 272 g/mol. The minimum Gasteiger partial charge on any atom is -0.491 e. The van der Waals surface area contributed by atoms with Gasteiger partial charge in [-0.05, 0) is 50.6 Å². The van der Waals surface area contributed by atoms with Crippen molar-refractivity contribution in [2.45, 2.75) is 33.3 Å². The van der Waals surface area contributed by atoms with Crippen molar-refractivity contribution in [2.75, 3.05) is 0 Å². The SMILES string of the molecule is CCc1cc(C(=O)c2ccc(OC(C)C)cc2)n(C)n1. The molecule has 0 N–H and O–H groups in total. The molecule has 0 unspecified atom stereocenters. The van der Waals surface area contributed by atoms with Crippen LogP contribution in [0, 0.1) is 0 Å². The summed E-state index contributed by atoms with van der Waals surface area (Å²) >= 11 is 0. The van der Waals surface area contributed by atoms with E-state index in [9.17, 15) is 4.79 Å². The molecule has 1 aromatic heterocycles. The number of benzene rings is 1. The zero-order chi connectivity index (χ0) is 14.7. The fourth-order valence-corrected chi connectivity index (χ4v) is 2.02. The van der Waals surface area contributed by atoms with Crippen molar-refractivity contribution in [2.24, 2.45) is 7.05 Å². The lowest BCUT2D eigenvalue weighted by atomic mass is 10.1. The molecule has 106 valence electrons. The van der Waals surface area contributed by atoms with Crippen LogP contribution in [0.4, 0.5) is 0 Å². The van der Waals surface area contributed by atoms with Crippen molar-refractivity contribution in [3.8, 4) is 5.75 Å². The molecule has 0 spiro atoms. The van der Waals surface area contributed by atoms with E-state index in [2.05, 4.69) is 5.10 Å². The Balaban J connectivity index is 2.22. The van der Waals surface area contributed by atoms with E-state index in [0.29, 0.717) is 11.3 Å². The quantitative estimate of drug-likeness (QED) is 0.786. The van der Waals surface area contributed by atoms with Crippen LogP contribution < -0.4 is 4.74 Å². The molecule has 0 radical (unpaired) electrons. The molecule has 0 aliphatic heterocycles. The van der Waals surface area contributed by atoms with E-state index in [1.54, 1.807) is 23.9 Å². The topological polar surface area (TPSA) is 44.1 Å². The second-order valence-corrected chi connectivity index (χ2v) is 5.02. The molecule has 0 bridgehead atoms. The van der Waals surface area contributed by atoms with Gasteiger partial charge in [-0.2, -0.15) is 5.10 Å². The molecule has 1 aromatic carbocycles. The summed E-state index contributed by atoms with van der Waals surface area (Å²) in [6.45, 7) is 5.97. The Morgan fingerprint density at radius 1 is 1.30 bits per heavy atom. The van der Waals surface area contributed by atoms with Gasteiger partial charge < -0.3 is 4.74 Å². The Bertz CT molecular complexity index is 597. The van der Waals surface area contributed by atoms with Gasteiger partial charge in [0.25, 0.3) is 0 Å². The zero-order valence-electron chi connectivity index (χ0n) is 12.4. The Kier molecular flexibility index (Phi) is 4.23. The molecule has 1 heterocycles. The number of hydrogen-bond donors (Lipinski definition) is 0. The molecule has 4 nitrogen and oxygen atoms in total. The van der Waals surface area contributed by atoms with Gasteiger partial charge in [0.1, 0.15) is 11.4 Å². The van der Waals surface area contributed by atoms with E-state index in [-0.39, 0.29) is 11.9 Å². The third-order valence-corrected chi connectivity index (χ3v) is 3.01. The molecule has 0 amide bonds. The fourth-order valence-electron chi connectivity index (χ4n) is 2.02. The molecule has 0 saturated carbocycles. The minimum atomic E-state index is -0.0178. The number of carbonyl (C=O) groups is 1. The molecule has 0 fully saturated rings. The molecule has 2 aromatic rings. The van der Waals surface area contributed by atoms with E-state index in [0.717, 1.165) is 17.9 Å². The van der Waals surface area contributed by atoms with Crippen LogP contribution in [-0.4, -0.2) is 21.7 Å². The first-order chi connectivity index (χ1) is 9.51. The predicted molar refractivity (Wildman–Crippen MR) is 78.2 cm³/mol. The highest BCUT2D eigenvalue weighted by Gasteiger charge is 2.15. The van der Waals surface area contributed by atoms with Gasteiger partial charge in [-0.1, -0.05) is 6.92 Å². The van der Waals surface area contributed by atoms with E-state index in [4.69, 9.17) is 4.74 Å². The monoisotopic (exact) mass is 272 g/mol. The van der Waals surface area contributed by atoms with Crippen molar-refractivity contribution < 1.29 is 9.53 Å². The maximum atomic E-state index is 12.4. The van der Waals surface area contributed by atoms with Crippen LogP contribution in [0.1, 0.15) is 42.5 Å². The Hall–Kier alpha value is -2.10. The van der Waals surface area contributed by atoms with Crippen molar-refractivity contribution in [1.29, 1.82) is 0 Å². The zero-order valence-corrected chi connectivity index (χ0v) is 12.4. The lowest BCUT2D eigenvalue weighted by Crippen LogP contribution is -2.09. The smallest absolute Gasteiger partial charge is 0.211 e. The Labute approximate surface area is 119 Å². The molecule has 4 heteroatoms. The van der Waals surface area contributed by atoms with Crippen molar-refractivity contribution in [3.05, 3.63) is 47.3 Å². The lowest BCUT2D eigenvalue weighted by molar-refractivity contribution is 0.103. The van der Waals surface area contributed by atoms with Gasteiger partial charge in [-0.25, -0.2) is 0 Å². The number of carbonyl (C=O) groups excluding carboxylic acids is 1.